The Morgan fingerprint density at radius 2 is 2.00 bits per heavy atom. The Kier molecular flexibility index (Phi) is 2.86. The molecular weight excluding hydrogens is 187 g/mol. The molecule has 1 aliphatic heterocycles. The molecule has 1 heterocycles. The molecule has 0 bridgehead atoms. The van der Waals surface area contributed by atoms with Gasteiger partial charge in [0.2, 0.25) is 0 Å². The molecule has 0 unspecified atom stereocenters. The molecule has 3 heteroatoms. The number of thioether (sulfide) groups is 1. The van der Waals surface area contributed by atoms with Gasteiger partial charge in [-0.15, -0.1) is 11.8 Å². The SMILES string of the molecule is Fc1ccc(SCC2COC2)cc1. The van der Waals surface area contributed by atoms with Gasteiger partial charge in [-0.3, -0.25) is 0 Å². The van der Waals surface area contributed by atoms with Crippen LogP contribution < -0.4 is 0 Å². The summed E-state index contributed by atoms with van der Waals surface area (Å²) in [7, 11) is 0. The van der Waals surface area contributed by atoms with Crippen molar-refractivity contribution in [3.8, 4) is 0 Å². The fraction of sp³-hybridized carbons (Fsp3) is 0.400. The molecule has 0 amide bonds. The van der Waals surface area contributed by atoms with Gasteiger partial charge in [0.25, 0.3) is 0 Å². The van der Waals surface area contributed by atoms with E-state index >= 15 is 0 Å². The van der Waals surface area contributed by atoms with Crippen molar-refractivity contribution in [2.24, 2.45) is 5.92 Å². The Hall–Kier alpha value is -0.540. The fourth-order valence-corrected chi connectivity index (χ4v) is 2.07. The van der Waals surface area contributed by atoms with Crippen LogP contribution in [0.25, 0.3) is 0 Å². The Morgan fingerprint density at radius 1 is 1.31 bits per heavy atom. The molecule has 0 radical (unpaired) electrons. The first-order valence-electron chi connectivity index (χ1n) is 4.31. The molecule has 1 aliphatic rings. The highest BCUT2D eigenvalue weighted by Gasteiger charge is 2.17. The highest BCUT2D eigenvalue weighted by molar-refractivity contribution is 7.99. The van der Waals surface area contributed by atoms with Crippen LogP contribution in [0.2, 0.25) is 0 Å². The smallest absolute Gasteiger partial charge is 0.123 e. The fourth-order valence-electron chi connectivity index (χ4n) is 1.13. The molecule has 70 valence electrons. The van der Waals surface area contributed by atoms with Crippen LogP contribution in [0.4, 0.5) is 4.39 Å². The predicted octanol–water partition coefficient (Wildman–Crippen LogP) is 2.56. The van der Waals surface area contributed by atoms with Gasteiger partial charge in [0, 0.05) is 16.6 Å². The first-order chi connectivity index (χ1) is 6.34. The quantitative estimate of drug-likeness (QED) is 0.690. The lowest BCUT2D eigenvalue weighted by atomic mass is 10.1. The summed E-state index contributed by atoms with van der Waals surface area (Å²) in [6, 6.07) is 6.64. The normalized spacial score (nSPS) is 17.0. The van der Waals surface area contributed by atoms with E-state index in [-0.39, 0.29) is 5.82 Å². The van der Waals surface area contributed by atoms with Crippen LogP contribution in [0.3, 0.4) is 0 Å². The Balaban J connectivity index is 1.83. The molecular formula is C10H11FOS. The third-order valence-electron chi connectivity index (χ3n) is 2.01. The highest BCUT2D eigenvalue weighted by Crippen LogP contribution is 2.23. The molecule has 1 aromatic carbocycles. The van der Waals surface area contributed by atoms with Crippen molar-refractivity contribution in [2.45, 2.75) is 4.90 Å². The van der Waals surface area contributed by atoms with Gasteiger partial charge in [-0.2, -0.15) is 0 Å². The molecule has 1 saturated heterocycles. The maximum Gasteiger partial charge on any atom is 0.123 e. The van der Waals surface area contributed by atoms with Crippen molar-refractivity contribution in [1.29, 1.82) is 0 Å². The summed E-state index contributed by atoms with van der Waals surface area (Å²) in [5.74, 6) is 1.59. The largest absolute Gasteiger partial charge is 0.381 e. The lowest BCUT2D eigenvalue weighted by molar-refractivity contribution is -0.0196. The molecule has 1 nitrogen and oxygen atoms in total. The third-order valence-corrected chi connectivity index (χ3v) is 3.25. The summed E-state index contributed by atoms with van der Waals surface area (Å²) in [5.41, 5.74) is 0. The zero-order valence-electron chi connectivity index (χ0n) is 7.20. The van der Waals surface area contributed by atoms with Crippen LogP contribution in [-0.2, 0) is 4.74 Å². The van der Waals surface area contributed by atoms with E-state index < -0.39 is 0 Å². The van der Waals surface area contributed by atoms with Crippen molar-refractivity contribution in [3.63, 3.8) is 0 Å². The molecule has 0 N–H and O–H groups in total. The van der Waals surface area contributed by atoms with Gasteiger partial charge in [0.15, 0.2) is 0 Å². The highest BCUT2D eigenvalue weighted by atomic mass is 32.2. The molecule has 0 saturated carbocycles. The molecule has 0 aliphatic carbocycles. The van der Waals surface area contributed by atoms with Crippen LogP contribution in [0.1, 0.15) is 0 Å². The van der Waals surface area contributed by atoms with Crippen molar-refractivity contribution >= 4 is 11.8 Å². The lowest BCUT2D eigenvalue weighted by Gasteiger charge is -2.25. The minimum absolute atomic E-state index is 0.170. The summed E-state index contributed by atoms with van der Waals surface area (Å²) in [4.78, 5) is 1.13. The lowest BCUT2D eigenvalue weighted by Crippen LogP contribution is -2.29. The molecule has 0 aromatic heterocycles. The van der Waals surface area contributed by atoms with Crippen molar-refractivity contribution in [3.05, 3.63) is 30.1 Å². The minimum Gasteiger partial charge on any atom is -0.381 e. The number of halogens is 1. The second kappa shape index (κ2) is 4.11. The Bertz CT molecular complexity index is 269. The summed E-state index contributed by atoms with van der Waals surface area (Å²) in [5, 5.41) is 0. The van der Waals surface area contributed by atoms with Crippen molar-refractivity contribution < 1.29 is 9.13 Å². The van der Waals surface area contributed by atoms with E-state index in [9.17, 15) is 4.39 Å². The molecule has 0 atom stereocenters. The monoisotopic (exact) mass is 198 g/mol. The molecule has 1 fully saturated rings. The maximum absolute atomic E-state index is 12.5. The number of hydrogen-bond acceptors (Lipinski definition) is 2. The average molecular weight is 198 g/mol. The minimum atomic E-state index is -0.170. The third kappa shape index (κ3) is 2.45. The van der Waals surface area contributed by atoms with E-state index in [1.165, 1.54) is 12.1 Å². The standard InChI is InChI=1S/C10H11FOS/c11-9-1-3-10(4-2-9)13-7-8-5-12-6-8/h1-4,8H,5-7H2. The Morgan fingerprint density at radius 3 is 2.54 bits per heavy atom. The molecule has 2 rings (SSSR count). The number of benzene rings is 1. The summed E-state index contributed by atoms with van der Waals surface area (Å²) in [6.45, 7) is 1.77. The summed E-state index contributed by atoms with van der Waals surface area (Å²) >= 11 is 1.77. The average Bonchev–Trinajstić information content (AvgIpc) is 2.05. The number of ether oxygens (including phenoxy) is 1. The number of rotatable bonds is 3. The van der Waals surface area contributed by atoms with Crippen molar-refractivity contribution in [1.82, 2.24) is 0 Å². The van der Waals surface area contributed by atoms with Gasteiger partial charge in [0.05, 0.1) is 13.2 Å². The maximum atomic E-state index is 12.5. The topological polar surface area (TPSA) is 9.23 Å². The first kappa shape index (κ1) is 9.03. The molecule has 13 heavy (non-hydrogen) atoms. The van der Waals surface area contributed by atoms with E-state index in [4.69, 9.17) is 4.74 Å². The van der Waals surface area contributed by atoms with Crippen LogP contribution >= 0.6 is 11.8 Å². The Labute approximate surface area is 81.3 Å². The second-order valence-electron chi connectivity index (χ2n) is 3.17. The zero-order valence-corrected chi connectivity index (χ0v) is 8.02. The van der Waals surface area contributed by atoms with E-state index in [1.54, 1.807) is 11.8 Å². The van der Waals surface area contributed by atoms with Gasteiger partial charge >= 0.3 is 0 Å². The summed E-state index contributed by atoms with van der Waals surface area (Å²) in [6.07, 6.45) is 0. The van der Waals surface area contributed by atoms with Crippen molar-refractivity contribution in [2.75, 3.05) is 19.0 Å². The van der Waals surface area contributed by atoms with E-state index in [0.29, 0.717) is 5.92 Å². The van der Waals surface area contributed by atoms with E-state index in [1.807, 2.05) is 12.1 Å². The van der Waals surface area contributed by atoms with Crippen LogP contribution in [0.5, 0.6) is 0 Å². The van der Waals surface area contributed by atoms with Gasteiger partial charge < -0.3 is 4.74 Å². The van der Waals surface area contributed by atoms with Gasteiger partial charge in [-0.1, -0.05) is 0 Å². The molecule has 1 aromatic rings. The predicted molar refractivity (Wildman–Crippen MR) is 51.4 cm³/mol. The zero-order chi connectivity index (χ0) is 9.10. The van der Waals surface area contributed by atoms with Crippen LogP contribution in [0, 0.1) is 11.7 Å². The van der Waals surface area contributed by atoms with Gasteiger partial charge in [0.1, 0.15) is 5.82 Å². The van der Waals surface area contributed by atoms with E-state index in [0.717, 1.165) is 23.9 Å². The van der Waals surface area contributed by atoms with Crippen LogP contribution in [-0.4, -0.2) is 19.0 Å². The van der Waals surface area contributed by atoms with E-state index in [2.05, 4.69) is 0 Å². The van der Waals surface area contributed by atoms with Gasteiger partial charge in [-0.05, 0) is 24.3 Å². The molecule has 0 spiro atoms. The van der Waals surface area contributed by atoms with Gasteiger partial charge in [-0.25, -0.2) is 4.39 Å². The van der Waals surface area contributed by atoms with Crippen LogP contribution in [0.15, 0.2) is 29.2 Å². The number of hydrogen-bond donors (Lipinski definition) is 0. The second-order valence-corrected chi connectivity index (χ2v) is 4.26. The summed E-state index contributed by atoms with van der Waals surface area (Å²) < 4.78 is 17.6. The first-order valence-corrected chi connectivity index (χ1v) is 5.29.